The second-order valence-corrected chi connectivity index (χ2v) is 3.06. The van der Waals surface area contributed by atoms with Crippen molar-refractivity contribution < 1.29 is 119 Å². The van der Waals surface area contributed by atoms with Crippen molar-refractivity contribution in [1.29, 1.82) is 0 Å². The summed E-state index contributed by atoms with van der Waals surface area (Å²) < 4.78 is 0. The van der Waals surface area contributed by atoms with E-state index >= 15 is 0 Å². The van der Waals surface area contributed by atoms with Crippen LogP contribution in [0.5, 0.6) is 0 Å². The standard InChI is InChI=1S/2C4H6O6.Mg.2Na/c2*5-1(3(7)8)2(6)4(9)10;;;/h2*1-2,5-6H,(H,7,8)(H,9,10);;;/q;;+2;2*+1/p-4/t2*1-,2-;;;/m11.../s1. The van der Waals surface area contributed by atoms with Gasteiger partial charge in [-0.05, 0) is 0 Å². The Balaban J connectivity index is -0.0000000831. The van der Waals surface area contributed by atoms with Crippen molar-refractivity contribution in [1.82, 2.24) is 0 Å². The minimum absolute atomic E-state index is 0. The Morgan fingerprint density at radius 2 is 0.609 bits per heavy atom. The maximum Gasteiger partial charge on any atom is 2.00 e. The number of carboxylic acids is 4. The molecular formula is C8H8MgNa2O12. The number of hydrogen-bond donors (Lipinski definition) is 4. The van der Waals surface area contributed by atoms with Gasteiger partial charge in [0.25, 0.3) is 0 Å². The van der Waals surface area contributed by atoms with Crippen LogP contribution in [-0.2, 0) is 19.2 Å². The number of rotatable bonds is 6. The molecule has 0 aliphatic carbocycles. The molecule has 4 N–H and O–H groups in total. The van der Waals surface area contributed by atoms with Crippen LogP contribution in [0.15, 0.2) is 0 Å². The predicted molar refractivity (Wildman–Crippen MR) is 49.8 cm³/mol. The Kier molecular flexibility index (Phi) is 26.2. The van der Waals surface area contributed by atoms with Crippen LogP contribution in [0, 0.1) is 0 Å². The zero-order chi connectivity index (χ0) is 16.6. The number of carboxylic acid groups (broad SMARTS) is 4. The van der Waals surface area contributed by atoms with Crippen molar-refractivity contribution in [2.24, 2.45) is 0 Å². The van der Waals surface area contributed by atoms with Crippen LogP contribution in [0.3, 0.4) is 0 Å². The minimum atomic E-state index is -2.44. The van der Waals surface area contributed by atoms with E-state index in [-0.39, 0.29) is 82.2 Å². The molecule has 0 aromatic heterocycles. The normalized spacial score (nSPS) is 13.7. The second kappa shape index (κ2) is 17.3. The third kappa shape index (κ3) is 15.7. The Morgan fingerprint density at radius 3 is 0.652 bits per heavy atom. The molecule has 116 valence electrons. The predicted octanol–water partition coefficient (Wildman–Crippen LogP) is -16.0. The molecule has 0 unspecified atom stereocenters. The molecule has 15 heteroatoms. The third-order valence-electron chi connectivity index (χ3n) is 1.56. The summed E-state index contributed by atoms with van der Waals surface area (Å²) >= 11 is 0. The third-order valence-corrected chi connectivity index (χ3v) is 1.56. The minimum Gasteiger partial charge on any atom is -0.547 e. The van der Waals surface area contributed by atoms with Crippen molar-refractivity contribution in [3.05, 3.63) is 0 Å². The largest absolute Gasteiger partial charge is 2.00 e. The summed E-state index contributed by atoms with van der Waals surface area (Å²) in [6, 6.07) is 0. The first-order valence-corrected chi connectivity index (χ1v) is 4.49. The molecule has 12 nitrogen and oxygen atoms in total. The van der Waals surface area contributed by atoms with Gasteiger partial charge in [-0.25, -0.2) is 0 Å². The Morgan fingerprint density at radius 1 is 0.522 bits per heavy atom. The summed E-state index contributed by atoms with van der Waals surface area (Å²) in [5, 5.41) is 71.5. The first-order valence-electron chi connectivity index (χ1n) is 4.49. The van der Waals surface area contributed by atoms with Crippen LogP contribution in [-0.4, -0.2) is 91.8 Å². The van der Waals surface area contributed by atoms with E-state index in [0.717, 1.165) is 0 Å². The van der Waals surface area contributed by atoms with Crippen molar-refractivity contribution >= 4 is 46.9 Å². The van der Waals surface area contributed by atoms with Gasteiger partial charge in [-0.2, -0.15) is 0 Å². The van der Waals surface area contributed by atoms with Crippen LogP contribution in [0.2, 0.25) is 0 Å². The molecule has 0 aromatic rings. The van der Waals surface area contributed by atoms with Gasteiger partial charge >= 0.3 is 82.2 Å². The van der Waals surface area contributed by atoms with Crippen molar-refractivity contribution in [3.63, 3.8) is 0 Å². The van der Waals surface area contributed by atoms with Crippen molar-refractivity contribution in [3.8, 4) is 0 Å². The molecule has 0 aromatic carbocycles. The molecule has 23 heavy (non-hydrogen) atoms. The van der Waals surface area contributed by atoms with Gasteiger partial charge in [0.1, 0.15) is 24.4 Å². The Hall–Kier alpha value is 0.486. The smallest absolute Gasteiger partial charge is 0.547 e. The Bertz CT molecular complexity index is 319. The SMILES string of the molecule is O=C([O-])[C@H](O)[C@@H](O)C(=O)[O-].O=C([O-])[C@H](O)[C@@H](O)C(=O)[O-].[Mg+2].[Na+].[Na+]. The maximum atomic E-state index is 9.63. The first kappa shape index (κ1) is 34.7. The van der Waals surface area contributed by atoms with Gasteiger partial charge in [-0.1, -0.05) is 0 Å². The molecule has 0 radical (unpaired) electrons. The molecule has 0 aliphatic heterocycles. The summed E-state index contributed by atoms with van der Waals surface area (Å²) in [7, 11) is 0. The first-order chi connectivity index (χ1) is 8.93. The van der Waals surface area contributed by atoms with Crippen LogP contribution in [0.1, 0.15) is 0 Å². The van der Waals surface area contributed by atoms with Crippen LogP contribution >= 0.6 is 0 Å². The molecule has 0 amide bonds. The fraction of sp³-hybridized carbons (Fsp3) is 0.500. The van der Waals surface area contributed by atoms with Crippen LogP contribution in [0.4, 0.5) is 0 Å². The molecule has 0 aliphatic rings. The summed E-state index contributed by atoms with van der Waals surface area (Å²) in [6.07, 6.45) is -9.76. The summed E-state index contributed by atoms with van der Waals surface area (Å²) in [6.45, 7) is 0. The number of aliphatic hydroxyl groups excluding tert-OH is 4. The van der Waals surface area contributed by atoms with E-state index in [4.69, 9.17) is 20.4 Å². The van der Waals surface area contributed by atoms with Crippen LogP contribution in [0.25, 0.3) is 0 Å². The van der Waals surface area contributed by atoms with E-state index < -0.39 is 48.3 Å². The monoisotopic (exact) mass is 366 g/mol. The second-order valence-electron chi connectivity index (χ2n) is 3.06. The van der Waals surface area contributed by atoms with Crippen molar-refractivity contribution in [2.45, 2.75) is 24.4 Å². The molecule has 0 saturated carbocycles. The van der Waals surface area contributed by atoms with Gasteiger partial charge in [0, 0.05) is 0 Å². The number of aliphatic carboxylic acids is 4. The molecule has 0 rings (SSSR count). The van der Waals surface area contributed by atoms with E-state index in [1.807, 2.05) is 0 Å². The van der Waals surface area contributed by atoms with E-state index in [0.29, 0.717) is 0 Å². The molecule has 0 spiro atoms. The number of carbonyl (C=O) groups excluding carboxylic acids is 4. The van der Waals surface area contributed by atoms with Gasteiger partial charge < -0.3 is 60.0 Å². The average Bonchev–Trinajstić information content (AvgIpc) is 2.35. The maximum absolute atomic E-state index is 9.63. The fourth-order valence-electron chi connectivity index (χ4n) is 0.516. The van der Waals surface area contributed by atoms with Gasteiger partial charge in [0.05, 0.1) is 23.9 Å². The molecule has 0 heterocycles. The molecule has 4 atom stereocenters. The molecule has 0 saturated heterocycles. The van der Waals surface area contributed by atoms with E-state index in [9.17, 15) is 39.6 Å². The summed E-state index contributed by atoms with van der Waals surface area (Å²) in [5.74, 6) is -8.23. The summed E-state index contributed by atoms with van der Waals surface area (Å²) in [5.41, 5.74) is 0. The van der Waals surface area contributed by atoms with Gasteiger partial charge in [0.15, 0.2) is 0 Å². The molecular weight excluding hydrogens is 358 g/mol. The van der Waals surface area contributed by atoms with Gasteiger partial charge in [-0.15, -0.1) is 0 Å². The van der Waals surface area contributed by atoms with E-state index in [1.54, 1.807) is 0 Å². The number of carbonyl (C=O) groups is 4. The molecule has 0 fully saturated rings. The number of hydrogen-bond acceptors (Lipinski definition) is 12. The quantitative estimate of drug-likeness (QED) is 0.320. The molecule has 0 bridgehead atoms. The van der Waals surface area contributed by atoms with Gasteiger partial charge in [0.2, 0.25) is 0 Å². The Labute approximate surface area is 188 Å². The number of aliphatic hydroxyl groups is 4. The van der Waals surface area contributed by atoms with Gasteiger partial charge in [-0.3, -0.25) is 0 Å². The average molecular weight is 366 g/mol. The zero-order valence-electron chi connectivity index (χ0n) is 12.1. The topological polar surface area (TPSA) is 241 Å². The fourth-order valence-corrected chi connectivity index (χ4v) is 0.516. The van der Waals surface area contributed by atoms with E-state index in [1.165, 1.54) is 0 Å². The zero-order valence-corrected chi connectivity index (χ0v) is 17.5. The summed E-state index contributed by atoms with van der Waals surface area (Å²) in [4.78, 5) is 38.5. The van der Waals surface area contributed by atoms with Crippen LogP contribution < -0.4 is 79.5 Å². The van der Waals surface area contributed by atoms with E-state index in [2.05, 4.69) is 0 Å². The van der Waals surface area contributed by atoms with Crippen molar-refractivity contribution in [2.75, 3.05) is 0 Å².